The lowest BCUT2D eigenvalue weighted by Gasteiger charge is -2.50. The van der Waals surface area contributed by atoms with E-state index >= 15 is 0 Å². The van der Waals surface area contributed by atoms with Crippen LogP contribution in [0.5, 0.6) is 5.75 Å². The number of nitrogens with zero attached hydrogens (tertiary/aromatic N) is 1. The zero-order valence-electron chi connectivity index (χ0n) is 14.7. The zero-order valence-corrected chi connectivity index (χ0v) is 14.7. The van der Waals surface area contributed by atoms with Gasteiger partial charge >= 0.3 is 0 Å². The van der Waals surface area contributed by atoms with Crippen LogP contribution in [0.1, 0.15) is 24.5 Å². The Labute approximate surface area is 150 Å². The van der Waals surface area contributed by atoms with Gasteiger partial charge in [0, 0.05) is 18.2 Å². The van der Waals surface area contributed by atoms with Crippen LogP contribution in [0.3, 0.4) is 0 Å². The van der Waals surface area contributed by atoms with Gasteiger partial charge in [-0.3, -0.25) is 9.69 Å². The first kappa shape index (κ1) is 15.9. The number of piperidine rings is 3. The second kappa shape index (κ2) is 5.59. The quantitative estimate of drug-likeness (QED) is 0.704. The van der Waals surface area contributed by atoms with Crippen LogP contribution >= 0.6 is 0 Å². The van der Waals surface area contributed by atoms with E-state index in [-0.39, 0.29) is 17.2 Å². The smallest absolute Gasteiger partial charge is 0.291 e. The van der Waals surface area contributed by atoms with E-state index < -0.39 is 6.10 Å². The number of ether oxygens (including phenoxy) is 1. The maximum Gasteiger partial charge on any atom is 0.291 e. The van der Waals surface area contributed by atoms with Crippen LogP contribution < -0.4 is 10.3 Å². The molecule has 3 fully saturated rings. The van der Waals surface area contributed by atoms with Crippen LogP contribution in [0.15, 0.2) is 34.0 Å². The molecule has 0 radical (unpaired) electrons. The van der Waals surface area contributed by atoms with Gasteiger partial charge in [-0.1, -0.05) is 6.08 Å². The van der Waals surface area contributed by atoms with E-state index in [4.69, 9.17) is 9.15 Å². The number of aliphatic hydroxyl groups is 1. The largest absolute Gasteiger partial charge is 0.493 e. The molecule has 6 rings (SSSR count). The Balaban J connectivity index is 1.64. The van der Waals surface area contributed by atoms with Crippen molar-refractivity contribution in [3.05, 3.63) is 40.7 Å². The molecular weight excluding hydrogens is 332 g/mol. The van der Waals surface area contributed by atoms with Crippen LogP contribution in [0.4, 0.5) is 0 Å². The molecule has 2 aromatic heterocycles. The van der Waals surface area contributed by atoms with Gasteiger partial charge < -0.3 is 19.2 Å². The van der Waals surface area contributed by atoms with Crippen molar-refractivity contribution in [3.63, 3.8) is 0 Å². The lowest BCUT2D eigenvalue weighted by Crippen LogP contribution is -2.54. The SMILES string of the molecule is C=C[C@H]1CN2CCC1C[C@H]2[C@H](O)c1c2oc3c(OC)ccc([nH]c2=O)c13. The molecule has 0 amide bonds. The van der Waals surface area contributed by atoms with E-state index in [1.807, 2.05) is 6.08 Å². The fourth-order valence-corrected chi connectivity index (χ4v) is 5.00. The molecule has 6 nitrogen and oxygen atoms in total. The Morgan fingerprint density at radius 3 is 3.00 bits per heavy atom. The molecule has 0 saturated carbocycles. The van der Waals surface area contributed by atoms with Crippen LogP contribution in [-0.4, -0.2) is 41.2 Å². The van der Waals surface area contributed by atoms with Crippen LogP contribution in [0, 0.1) is 11.8 Å². The number of methoxy groups -OCH3 is 1. The van der Waals surface area contributed by atoms with Gasteiger partial charge in [-0.15, -0.1) is 6.58 Å². The highest BCUT2D eigenvalue weighted by molar-refractivity contribution is 6.03. The average Bonchev–Trinajstić information content (AvgIpc) is 3.05. The Hall–Kier alpha value is -2.31. The first-order valence-corrected chi connectivity index (χ1v) is 9.11. The number of nitrogens with one attached hydrogen (secondary N) is 1. The molecule has 0 spiro atoms. The average molecular weight is 354 g/mol. The lowest BCUT2D eigenvalue weighted by atomic mass is 9.73. The monoisotopic (exact) mass is 354 g/mol. The molecule has 0 aliphatic carbocycles. The van der Waals surface area contributed by atoms with Gasteiger partial charge in [0.15, 0.2) is 16.9 Å². The minimum Gasteiger partial charge on any atom is -0.493 e. The third-order valence-corrected chi connectivity index (χ3v) is 6.33. The summed E-state index contributed by atoms with van der Waals surface area (Å²) in [5, 5.41) is 12.0. The van der Waals surface area contributed by atoms with E-state index in [1.165, 1.54) is 0 Å². The highest BCUT2D eigenvalue weighted by atomic mass is 16.5. The number of rotatable bonds is 4. The van der Waals surface area contributed by atoms with E-state index in [9.17, 15) is 9.90 Å². The summed E-state index contributed by atoms with van der Waals surface area (Å²) in [7, 11) is 1.57. The Morgan fingerprint density at radius 2 is 2.31 bits per heavy atom. The predicted octanol–water partition coefficient (Wildman–Crippen LogP) is 2.65. The maximum atomic E-state index is 12.5. The number of aromatic nitrogens is 1. The molecule has 2 unspecified atom stereocenters. The molecule has 1 aromatic carbocycles. The van der Waals surface area contributed by atoms with Crippen molar-refractivity contribution in [1.29, 1.82) is 0 Å². The van der Waals surface area contributed by atoms with Crippen LogP contribution in [0.25, 0.3) is 22.1 Å². The van der Waals surface area contributed by atoms with E-state index in [2.05, 4.69) is 16.5 Å². The van der Waals surface area contributed by atoms with Crippen molar-refractivity contribution in [2.24, 2.45) is 11.8 Å². The fraction of sp³-hybridized carbons (Fsp3) is 0.450. The first-order chi connectivity index (χ1) is 12.6. The molecule has 3 aliphatic heterocycles. The number of benzene rings is 1. The second-order valence-electron chi connectivity index (χ2n) is 7.51. The summed E-state index contributed by atoms with van der Waals surface area (Å²) < 4.78 is 11.2. The summed E-state index contributed by atoms with van der Waals surface area (Å²) in [6, 6.07) is 3.57. The molecule has 3 aliphatic rings. The standard InChI is InChI=1S/C20H22N2O4/c1-3-10-9-22-7-6-11(10)8-13(22)17(23)16-15-12-4-5-14(25-2)18(15)26-19(16)20(24)21-12/h3-5,10-11,13,17,23H,1,6-9H2,2H3,(H,21,24)/t10-,11?,13-,17-/m0/s1. The molecule has 4 bridgehead atoms. The molecule has 3 aromatic rings. The molecule has 136 valence electrons. The van der Waals surface area contributed by atoms with E-state index in [0.717, 1.165) is 31.3 Å². The first-order valence-electron chi connectivity index (χ1n) is 9.11. The molecule has 5 heterocycles. The summed E-state index contributed by atoms with van der Waals surface area (Å²) in [4.78, 5) is 17.7. The number of fused-ring (bicyclic) bond motifs is 4. The van der Waals surface area contributed by atoms with Gasteiger partial charge in [0.2, 0.25) is 0 Å². The number of H-pyrrole nitrogens is 1. The second-order valence-corrected chi connectivity index (χ2v) is 7.51. The minimum absolute atomic E-state index is 0.00514. The van der Waals surface area contributed by atoms with Crippen molar-refractivity contribution >= 4 is 22.1 Å². The third-order valence-electron chi connectivity index (χ3n) is 6.33. The summed E-state index contributed by atoms with van der Waals surface area (Å²) in [5.74, 6) is 1.60. The fourth-order valence-electron chi connectivity index (χ4n) is 5.00. The highest BCUT2D eigenvalue weighted by Crippen LogP contribution is 2.45. The Kier molecular flexibility index (Phi) is 3.42. The third kappa shape index (κ3) is 2.03. The maximum absolute atomic E-state index is 12.5. The van der Waals surface area contributed by atoms with E-state index in [0.29, 0.717) is 34.2 Å². The van der Waals surface area contributed by atoms with Crippen molar-refractivity contribution < 1.29 is 14.3 Å². The van der Waals surface area contributed by atoms with Gasteiger partial charge in [0.1, 0.15) is 0 Å². The molecule has 2 N–H and O–H groups in total. The number of aromatic amines is 1. The molecule has 6 heteroatoms. The predicted molar refractivity (Wildman–Crippen MR) is 98.8 cm³/mol. The molecule has 26 heavy (non-hydrogen) atoms. The Morgan fingerprint density at radius 1 is 1.46 bits per heavy atom. The number of pyridine rings is 1. The van der Waals surface area contributed by atoms with Gasteiger partial charge in [0.25, 0.3) is 5.56 Å². The number of hydrogen-bond donors (Lipinski definition) is 2. The van der Waals surface area contributed by atoms with Gasteiger partial charge in [0.05, 0.1) is 24.1 Å². The number of furan rings is 1. The zero-order chi connectivity index (χ0) is 18.0. The molecule has 5 atom stereocenters. The normalized spacial score (nSPS) is 29.5. The Bertz CT molecular complexity index is 1040. The molecule has 3 saturated heterocycles. The van der Waals surface area contributed by atoms with E-state index in [1.54, 1.807) is 19.2 Å². The van der Waals surface area contributed by atoms with Crippen molar-refractivity contribution in [2.75, 3.05) is 20.2 Å². The highest BCUT2D eigenvalue weighted by Gasteiger charge is 2.43. The van der Waals surface area contributed by atoms with Crippen molar-refractivity contribution in [3.8, 4) is 5.75 Å². The van der Waals surface area contributed by atoms with Crippen LogP contribution in [0.2, 0.25) is 0 Å². The minimum atomic E-state index is -0.767. The van der Waals surface area contributed by atoms with Gasteiger partial charge in [-0.2, -0.15) is 0 Å². The van der Waals surface area contributed by atoms with Gasteiger partial charge in [-0.25, -0.2) is 0 Å². The summed E-state index contributed by atoms with van der Waals surface area (Å²) >= 11 is 0. The summed E-state index contributed by atoms with van der Waals surface area (Å²) in [5.41, 5.74) is 1.68. The van der Waals surface area contributed by atoms with Crippen molar-refractivity contribution in [2.45, 2.75) is 25.0 Å². The number of hydrogen-bond acceptors (Lipinski definition) is 5. The van der Waals surface area contributed by atoms with Crippen molar-refractivity contribution in [1.82, 2.24) is 9.88 Å². The lowest BCUT2D eigenvalue weighted by molar-refractivity contribution is -0.0441. The van der Waals surface area contributed by atoms with Gasteiger partial charge in [-0.05, 0) is 43.4 Å². The number of aliphatic hydroxyl groups excluding tert-OH is 1. The molecular formula is C20H22N2O4. The topological polar surface area (TPSA) is 78.7 Å². The summed E-state index contributed by atoms with van der Waals surface area (Å²) in [6.07, 6.45) is 3.32. The van der Waals surface area contributed by atoms with Crippen LogP contribution in [-0.2, 0) is 0 Å². The summed E-state index contributed by atoms with van der Waals surface area (Å²) in [6.45, 7) is 5.85.